The van der Waals surface area contributed by atoms with Gasteiger partial charge < -0.3 is 10.1 Å². The van der Waals surface area contributed by atoms with Crippen LogP contribution in [0.1, 0.15) is 15.9 Å². The van der Waals surface area contributed by atoms with Gasteiger partial charge in [-0.2, -0.15) is 0 Å². The number of carboxylic acids is 1. The molecular weight excluding hydrogens is 338 g/mol. The average Bonchev–Trinajstić information content (AvgIpc) is 2.69. The second kappa shape index (κ2) is 8.15. The Morgan fingerprint density at radius 1 is 0.852 bits per heavy atom. The normalized spacial score (nSPS) is 10.1. The van der Waals surface area contributed by atoms with Crippen LogP contribution in [0.2, 0.25) is 0 Å². The van der Waals surface area contributed by atoms with Crippen molar-refractivity contribution in [2.45, 2.75) is 6.92 Å². The molecule has 0 fully saturated rings. The third-order valence-corrected chi connectivity index (χ3v) is 4.21. The summed E-state index contributed by atoms with van der Waals surface area (Å²) in [6, 6.07) is 26.4. The number of carbonyl (C=O) groups is 1. The Balaban J connectivity index is 0.000000180. The maximum absolute atomic E-state index is 11.9. The molecule has 0 saturated carbocycles. The van der Waals surface area contributed by atoms with Gasteiger partial charge in [-0.15, -0.1) is 0 Å². The molecule has 0 spiro atoms. The van der Waals surface area contributed by atoms with E-state index >= 15 is 0 Å². The molecule has 0 amide bonds. The molecule has 1 aromatic heterocycles. The van der Waals surface area contributed by atoms with Gasteiger partial charge >= 0.3 is 5.97 Å². The van der Waals surface area contributed by atoms with Gasteiger partial charge in [-0.05, 0) is 41.6 Å². The number of aromatic carboxylic acids is 1. The largest absolute Gasteiger partial charge is 0.478 e. The maximum Gasteiger partial charge on any atom is 0.335 e. The molecule has 0 aliphatic carbocycles. The summed E-state index contributed by atoms with van der Waals surface area (Å²) in [5.41, 5.74) is 3.02. The Morgan fingerprint density at radius 3 is 2.15 bits per heavy atom. The topological polar surface area (TPSA) is 70.2 Å². The molecule has 0 atom stereocenters. The predicted octanol–water partition coefficient (Wildman–Crippen LogP) is 4.89. The quantitative estimate of drug-likeness (QED) is 0.537. The fourth-order valence-electron chi connectivity index (χ4n) is 2.80. The monoisotopic (exact) mass is 357 g/mol. The molecular formula is C23H19NO3. The van der Waals surface area contributed by atoms with Crippen LogP contribution in [0.5, 0.6) is 0 Å². The van der Waals surface area contributed by atoms with E-state index in [4.69, 9.17) is 5.11 Å². The highest BCUT2D eigenvalue weighted by Gasteiger charge is 2.03. The standard InChI is InChI=1S/C15H11NO.C8H8O2/c17-15-13-9-5-4-8-12(13)10-14(16-15)11-6-2-1-3-7-11;1-6-4-2-3-5-7(6)8(9)10/h1-10H,(H,16,17);2-5H,1H3,(H,9,10). The number of fused-ring (bicyclic) bond motifs is 1. The zero-order valence-corrected chi connectivity index (χ0v) is 14.8. The number of hydrogen-bond donors (Lipinski definition) is 2. The molecule has 0 saturated heterocycles. The van der Waals surface area contributed by atoms with Crippen LogP contribution in [0.3, 0.4) is 0 Å². The van der Waals surface area contributed by atoms with E-state index in [1.54, 1.807) is 25.1 Å². The van der Waals surface area contributed by atoms with Crippen LogP contribution < -0.4 is 5.56 Å². The third kappa shape index (κ3) is 4.30. The second-order valence-corrected chi connectivity index (χ2v) is 6.09. The number of nitrogens with one attached hydrogen (secondary N) is 1. The number of hydrogen-bond acceptors (Lipinski definition) is 2. The van der Waals surface area contributed by atoms with Crippen molar-refractivity contribution in [2.24, 2.45) is 0 Å². The Bertz CT molecular complexity index is 1130. The molecule has 27 heavy (non-hydrogen) atoms. The number of pyridine rings is 1. The number of carboxylic acid groups (broad SMARTS) is 1. The van der Waals surface area contributed by atoms with Gasteiger partial charge in [-0.1, -0.05) is 66.7 Å². The van der Waals surface area contributed by atoms with Crippen LogP contribution in [0.15, 0.2) is 89.7 Å². The summed E-state index contributed by atoms with van der Waals surface area (Å²) in [5, 5.41) is 10.3. The minimum Gasteiger partial charge on any atom is -0.478 e. The van der Waals surface area contributed by atoms with Crippen LogP contribution in [0.25, 0.3) is 22.0 Å². The molecule has 3 aromatic carbocycles. The summed E-state index contributed by atoms with van der Waals surface area (Å²) in [6.45, 7) is 1.78. The fraction of sp³-hybridized carbons (Fsp3) is 0.0435. The molecule has 0 unspecified atom stereocenters. The second-order valence-electron chi connectivity index (χ2n) is 6.09. The summed E-state index contributed by atoms with van der Waals surface area (Å²) < 4.78 is 0. The Kier molecular flexibility index (Phi) is 5.47. The molecule has 0 aliphatic heterocycles. The third-order valence-electron chi connectivity index (χ3n) is 4.21. The van der Waals surface area contributed by atoms with Crippen molar-refractivity contribution in [1.29, 1.82) is 0 Å². The smallest absolute Gasteiger partial charge is 0.335 e. The number of aryl methyl sites for hydroxylation is 1. The van der Waals surface area contributed by atoms with E-state index in [0.717, 1.165) is 27.6 Å². The number of benzene rings is 3. The van der Waals surface area contributed by atoms with Crippen LogP contribution in [0, 0.1) is 6.92 Å². The predicted molar refractivity (Wildman–Crippen MR) is 108 cm³/mol. The van der Waals surface area contributed by atoms with E-state index in [0.29, 0.717) is 5.56 Å². The van der Waals surface area contributed by atoms with Crippen LogP contribution in [-0.4, -0.2) is 16.1 Å². The first-order chi connectivity index (χ1) is 13.1. The molecule has 0 aliphatic rings. The summed E-state index contributed by atoms with van der Waals surface area (Å²) in [4.78, 5) is 25.3. The highest BCUT2D eigenvalue weighted by atomic mass is 16.4. The molecule has 4 heteroatoms. The molecule has 4 nitrogen and oxygen atoms in total. The van der Waals surface area contributed by atoms with E-state index < -0.39 is 5.97 Å². The molecule has 134 valence electrons. The summed E-state index contributed by atoms with van der Waals surface area (Å²) in [6.07, 6.45) is 0. The first-order valence-corrected chi connectivity index (χ1v) is 8.52. The average molecular weight is 357 g/mol. The highest BCUT2D eigenvalue weighted by Crippen LogP contribution is 2.19. The molecule has 2 N–H and O–H groups in total. The molecule has 4 aromatic rings. The van der Waals surface area contributed by atoms with Crippen molar-refractivity contribution in [3.8, 4) is 11.3 Å². The SMILES string of the molecule is Cc1ccccc1C(=O)O.O=c1[nH]c(-c2ccccc2)cc2ccccc12. The summed E-state index contributed by atoms with van der Waals surface area (Å²) in [7, 11) is 0. The number of rotatable bonds is 2. The van der Waals surface area contributed by atoms with Gasteiger partial charge in [0.25, 0.3) is 5.56 Å². The molecule has 0 bridgehead atoms. The molecule has 4 rings (SSSR count). The van der Waals surface area contributed by atoms with Gasteiger partial charge in [-0.25, -0.2) is 4.79 Å². The highest BCUT2D eigenvalue weighted by molar-refractivity contribution is 5.89. The van der Waals surface area contributed by atoms with Crippen LogP contribution in [-0.2, 0) is 0 Å². The fourth-order valence-corrected chi connectivity index (χ4v) is 2.80. The van der Waals surface area contributed by atoms with E-state index in [1.807, 2.05) is 66.7 Å². The van der Waals surface area contributed by atoms with E-state index in [2.05, 4.69) is 4.98 Å². The van der Waals surface area contributed by atoms with E-state index in [-0.39, 0.29) is 5.56 Å². The number of aromatic amines is 1. The van der Waals surface area contributed by atoms with E-state index in [1.165, 1.54) is 0 Å². The minimum absolute atomic E-state index is 0.0399. The van der Waals surface area contributed by atoms with Gasteiger partial charge in [0.05, 0.1) is 5.56 Å². The van der Waals surface area contributed by atoms with Gasteiger partial charge in [0, 0.05) is 11.1 Å². The lowest BCUT2D eigenvalue weighted by atomic mass is 10.1. The Labute approximate surface area is 156 Å². The van der Waals surface area contributed by atoms with Crippen molar-refractivity contribution >= 4 is 16.7 Å². The first kappa shape index (κ1) is 18.1. The minimum atomic E-state index is -0.863. The maximum atomic E-state index is 11.9. The molecule has 1 heterocycles. The lowest BCUT2D eigenvalue weighted by Crippen LogP contribution is -2.06. The summed E-state index contributed by atoms with van der Waals surface area (Å²) >= 11 is 0. The lowest BCUT2D eigenvalue weighted by molar-refractivity contribution is 0.0696. The number of H-pyrrole nitrogens is 1. The Hall–Kier alpha value is -3.66. The van der Waals surface area contributed by atoms with Crippen LogP contribution >= 0.6 is 0 Å². The Morgan fingerprint density at radius 2 is 1.48 bits per heavy atom. The van der Waals surface area contributed by atoms with Crippen molar-refractivity contribution in [3.63, 3.8) is 0 Å². The number of aromatic nitrogens is 1. The van der Waals surface area contributed by atoms with Gasteiger partial charge in [0.2, 0.25) is 0 Å². The van der Waals surface area contributed by atoms with Gasteiger partial charge in [0.1, 0.15) is 0 Å². The van der Waals surface area contributed by atoms with Crippen LogP contribution in [0.4, 0.5) is 0 Å². The van der Waals surface area contributed by atoms with Gasteiger partial charge in [-0.3, -0.25) is 4.79 Å². The molecule has 0 radical (unpaired) electrons. The zero-order valence-electron chi connectivity index (χ0n) is 14.8. The lowest BCUT2D eigenvalue weighted by Gasteiger charge is -2.03. The van der Waals surface area contributed by atoms with Crippen molar-refractivity contribution in [1.82, 2.24) is 4.98 Å². The van der Waals surface area contributed by atoms with Gasteiger partial charge in [0.15, 0.2) is 0 Å². The van der Waals surface area contributed by atoms with Crippen molar-refractivity contribution < 1.29 is 9.90 Å². The van der Waals surface area contributed by atoms with E-state index in [9.17, 15) is 9.59 Å². The zero-order chi connectivity index (χ0) is 19.2. The van der Waals surface area contributed by atoms with Crippen molar-refractivity contribution in [2.75, 3.05) is 0 Å². The first-order valence-electron chi connectivity index (χ1n) is 8.52. The summed E-state index contributed by atoms with van der Waals surface area (Å²) in [5.74, 6) is -0.863. The van der Waals surface area contributed by atoms with Crippen molar-refractivity contribution in [3.05, 3.63) is 106 Å².